The second-order valence-electron chi connectivity index (χ2n) is 4.45. The summed E-state index contributed by atoms with van der Waals surface area (Å²) in [7, 11) is 1.59. The molecular formula is C13H16N4O3. The van der Waals surface area contributed by atoms with Crippen LogP contribution in [-0.2, 0) is 4.74 Å². The van der Waals surface area contributed by atoms with Gasteiger partial charge in [0, 0.05) is 18.8 Å². The topological polar surface area (TPSA) is 86.6 Å². The van der Waals surface area contributed by atoms with E-state index in [4.69, 9.17) is 19.6 Å². The molecule has 0 saturated carbocycles. The number of ether oxygens (including phenoxy) is 2. The van der Waals surface area contributed by atoms with Gasteiger partial charge in [0.25, 0.3) is 5.89 Å². The summed E-state index contributed by atoms with van der Waals surface area (Å²) in [5.41, 5.74) is 7.11. The molecule has 106 valence electrons. The largest absolute Gasteiger partial charge is 0.496 e. The molecule has 1 aromatic heterocycles. The molecule has 7 heteroatoms. The molecule has 1 aliphatic heterocycles. The van der Waals surface area contributed by atoms with Gasteiger partial charge in [-0.15, -0.1) is 5.10 Å². The predicted molar refractivity (Wildman–Crippen MR) is 73.7 cm³/mol. The Hall–Kier alpha value is -2.28. The highest BCUT2D eigenvalue weighted by molar-refractivity contribution is 5.68. The molecule has 3 rings (SSSR count). The van der Waals surface area contributed by atoms with Gasteiger partial charge in [-0.2, -0.15) is 0 Å². The Balaban J connectivity index is 1.91. The normalized spacial score (nSPS) is 15.3. The smallest absolute Gasteiger partial charge is 0.318 e. The minimum atomic E-state index is 0.399. The van der Waals surface area contributed by atoms with Crippen molar-refractivity contribution in [3.63, 3.8) is 0 Å². The Labute approximate surface area is 116 Å². The highest BCUT2D eigenvalue weighted by Gasteiger charge is 2.19. The van der Waals surface area contributed by atoms with E-state index in [1.165, 1.54) is 0 Å². The van der Waals surface area contributed by atoms with Crippen molar-refractivity contribution in [1.29, 1.82) is 0 Å². The molecule has 0 amide bonds. The molecule has 1 aliphatic rings. The van der Waals surface area contributed by atoms with E-state index in [2.05, 4.69) is 10.2 Å². The van der Waals surface area contributed by atoms with E-state index in [-0.39, 0.29) is 0 Å². The Kier molecular flexibility index (Phi) is 3.42. The number of benzene rings is 1. The molecule has 0 bridgehead atoms. The summed E-state index contributed by atoms with van der Waals surface area (Å²) in [6, 6.07) is 5.80. The van der Waals surface area contributed by atoms with Crippen LogP contribution in [0.25, 0.3) is 11.5 Å². The SMILES string of the molecule is COc1ccc(N)cc1-c1nnc(N2CCOCC2)o1. The lowest BCUT2D eigenvalue weighted by Gasteiger charge is -2.24. The summed E-state index contributed by atoms with van der Waals surface area (Å²) in [5.74, 6) is 1.05. The second kappa shape index (κ2) is 5.38. The molecule has 0 radical (unpaired) electrons. The Bertz CT molecular complexity index is 593. The zero-order valence-corrected chi connectivity index (χ0v) is 11.2. The first-order valence-electron chi connectivity index (χ1n) is 6.38. The van der Waals surface area contributed by atoms with Crippen molar-refractivity contribution >= 4 is 11.7 Å². The molecule has 0 unspecified atom stereocenters. The zero-order chi connectivity index (χ0) is 13.9. The van der Waals surface area contributed by atoms with Gasteiger partial charge in [-0.25, -0.2) is 0 Å². The van der Waals surface area contributed by atoms with Crippen molar-refractivity contribution in [2.75, 3.05) is 44.0 Å². The van der Waals surface area contributed by atoms with Crippen LogP contribution in [0.15, 0.2) is 22.6 Å². The molecule has 0 aliphatic carbocycles. The number of morpholine rings is 1. The molecule has 2 aromatic rings. The Morgan fingerprint density at radius 3 is 2.80 bits per heavy atom. The van der Waals surface area contributed by atoms with Crippen molar-refractivity contribution in [3.8, 4) is 17.2 Å². The van der Waals surface area contributed by atoms with E-state index >= 15 is 0 Å². The molecule has 2 N–H and O–H groups in total. The molecule has 0 spiro atoms. The van der Waals surface area contributed by atoms with E-state index in [1.54, 1.807) is 25.3 Å². The minimum absolute atomic E-state index is 0.399. The third-order valence-corrected chi connectivity index (χ3v) is 3.15. The van der Waals surface area contributed by atoms with Crippen LogP contribution in [0.3, 0.4) is 0 Å². The summed E-state index contributed by atoms with van der Waals surface area (Å²) >= 11 is 0. The fraction of sp³-hybridized carbons (Fsp3) is 0.385. The summed E-state index contributed by atoms with van der Waals surface area (Å²) < 4.78 is 16.3. The first-order valence-corrected chi connectivity index (χ1v) is 6.38. The lowest BCUT2D eigenvalue weighted by molar-refractivity contribution is 0.120. The number of hydrogen-bond donors (Lipinski definition) is 1. The first-order chi connectivity index (χ1) is 9.78. The third kappa shape index (κ3) is 2.39. The van der Waals surface area contributed by atoms with Gasteiger partial charge < -0.3 is 24.5 Å². The van der Waals surface area contributed by atoms with Crippen molar-refractivity contribution in [1.82, 2.24) is 10.2 Å². The third-order valence-electron chi connectivity index (χ3n) is 3.15. The van der Waals surface area contributed by atoms with Crippen LogP contribution in [0.5, 0.6) is 5.75 Å². The fourth-order valence-corrected chi connectivity index (χ4v) is 2.10. The summed E-state index contributed by atoms with van der Waals surface area (Å²) in [6.45, 7) is 2.82. The molecule has 1 saturated heterocycles. The van der Waals surface area contributed by atoms with Crippen molar-refractivity contribution < 1.29 is 13.9 Å². The van der Waals surface area contributed by atoms with Gasteiger partial charge in [-0.1, -0.05) is 5.10 Å². The van der Waals surface area contributed by atoms with Crippen LogP contribution in [-0.4, -0.2) is 43.6 Å². The first kappa shape index (κ1) is 12.7. The highest BCUT2D eigenvalue weighted by Crippen LogP contribution is 2.32. The fourth-order valence-electron chi connectivity index (χ4n) is 2.10. The second-order valence-corrected chi connectivity index (χ2v) is 4.45. The van der Waals surface area contributed by atoms with Crippen molar-refractivity contribution in [3.05, 3.63) is 18.2 Å². The quantitative estimate of drug-likeness (QED) is 0.842. The van der Waals surface area contributed by atoms with Crippen LogP contribution in [0, 0.1) is 0 Å². The van der Waals surface area contributed by atoms with Crippen molar-refractivity contribution in [2.45, 2.75) is 0 Å². The van der Waals surface area contributed by atoms with E-state index in [1.807, 2.05) is 4.90 Å². The summed E-state index contributed by atoms with van der Waals surface area (Å²) in [5, 5.41) is 8.16. The lowest BCUT2D eigenvalue weighted by atomic mass is 10.2. The number of hydrogen-bond acceptors (Lipinski definition) is 7. The average molecular weight is 276 g/mol. The van der Waals surface area contributed by atoms with E-state index in [9.17, 15) is 0 Å². The molecule has 2 heterocycles. The molecule has 20 heavy (non-hydrogen) atoms. The monoisotopic (exact) mass is 276 g/mol. The van der Waals surface area contributed by atoms with E-state index in [0.29, 0.717) is 42.1 Å². The average Bonchev–Trinajstić information content (AvgIpc) is 2.98. The molecule has 1 fully saturated rings. The van der Waals surface area contributed by atoms with Gasteiger partial charge in [0.2, 0.25) is 0 Å². The standard InChI is InChI=1S/C13H16N4O3/c1-18-11-3-2-9(14)8-10(11)12-15-16-13(20-12)17-4-6-19-7-5-17/h2-3,8H,4-7,14H2,1H3. The van der Waals surface area contributed by atoms with Gasteiger partial charge in [-0.05, 0) is 18.2 Å². The number of anilines is 2. The maximum Gasteiger partial charge on any atom is 0.318 e. The Morgan fingerprint density at radius 1 is 1.25 bits per heavy atom. The molecule has 0 atom stereocenters. The molecule has 7 nitrogen and oxygen atoms in total. The van der Waals surface area contributed by atoms with Gasteiger partial charge in [-0.3, -0.25) is 0 Å². The van der Waals surface area contributed by atoms with Gasteiger partial charge >= 0.3 is 6.01 Å². The maximum atomic E-state index is 5.80. The van der Waals surface area contributed by atoms with E-state index in [0.717, 1.165) is 13.1 Å². The predicted octanol–water partition coefficient (Wildman–Crippen LogP) is 1.16. The number of nitrogen functional groups attached to an aromatic ring is 1. The number of nitrogens with two attached hydrogens (primary N) is 1. The van der Waals surface area contributed by atoms with Crippen LogP contribution < -0.4 is 15.4 Å². The summed E-state index contributed by atoms with van der Waals surface area (Å²) in [6.07, 6.45) is 0. The van der Waals surface area contributed by atoms with E-state index < -0.39 is 0 Å². The Morgan fingerprint density at radius 2 is 2.05 bits per heavy atom. The number of aromatic nitrogens is 2. The van der Waals surface area contributed by atoms with Gasteiger partial charge in [0.05, 0.1) is 25.9 Å². The van der Waals surface area contributed by atoms with Gasteiger partial charge in [0.15, 0.2) is 0 Å². The zero-order valence-electron chi connectivity index (χ0n) is 11.2. The van der Waals surface area contributed by atoms with Crippen LogP contribution in [0.2, 0.25) is 0 Å². The highest BCUT2D eigenvalue weighted by atomic mass is 16.5. The maximum absolute atomic E-state index is 5.80. The molecule has 1 aromatic carbocycles. The minimum Gasteiger partial charge on any atom is -0.496 e. The molecular weight excluding hydrogens is 260 g/mol. The number of methoxy groups -OCH3 is 1. The number of rotatable bonds is 3. The number of nitrogens with zero attached hydrogens (tertiary/aromatic N) is 3. The van der Waals surface area contributed by atoms with Gasteiger partial charge in [0.1, 0.15) is 5.75 Å². The summed E-state index contributed by atoms with van der Waals surface area (Å²) in [4.78, 5) is 2.00. The van der Waals surface area contributed by atoms with Crippen molar-refractivity contribution in [2.24, 2.45) is 0 Å². The van der Waals surface area contributed by atoms with Crippen LogP contribution in [0.4, 0.5) is 11.7 Å². The lowest BCUT2D eigenvalue weighted by Crippen LogP contribution is -2.36. The van der Waals surface area contributed by atoms with Crippen LogP contribution in [0.1, 0.15) is 0 Å². The van der Waals surface area contributed by atoms with Crippen LogP contribution >= 0.6 is 0 Å².